The molecule has 2 heteroatoms. The van der Waals surface area contributed by atoms with Crippen molar-refractivity contribution in [2.24, 2.45) is 0 Å². The molecule has 0 fully saturated rings. The van der Waals surface area contributed by atoms with E-state index in [0.29, 0.717) is 6.04 Å². The maximum absolute atomic E-state index is 3.55. The molecule has 0 bridgehead atoms. The highest BCUT2D eigenvalue weighted by atomic mass is 79.9. The molecule has 0 aliphatic rings. The second-order valence-corrected chi connectivity index (χ2v) is 4.94. The van der Waals surface area contributed by atoms with Crippen LogP contribution in [0.25, 0.3) is 0 Å². The fraction of sp³-hybridized carbons (Fsp3) is 0.200. The fourth-order valence-corrected chi connectivity index (χ4v) is 2.12. The molecule has 88 valence electrons. The predicted octanol–water partition coefficient (Wildman–Crippen LogP) is 5.01. The largest absolute Gasteiger partial charge is 0.378 e. The van der Waals surface area contributed by atoms with Crippen molar-refractivity contribution in [3.8, 4) is 0 Å². The number of para-hydroxylation sites is 1. The molecule has 0 aromatic heterocycles. The highest BCUT2D eigenvalue weighted by Crippen LogP contribution is 2.23. The zero-order chi connectivity index (χ0) is 12.1. The lowest BCUT2D eigenvalue weighted by atomic mass is 10.0. The highest BCUT2D eigenvalue weighted by molar-refractivity contribution is 9.10. The lowest BCUT2D eigenvalue weighted by Crippen LogP contribution is -2.09. The standard InChI is InChI=1S/C15H16BrN/c1-2-15(12-8-10-13(16)11-9-12)17-14-6-4-3-5-7-14/h3-11,15,17H,2H2,1H3. The van der Waals surface area contributed by atoms with Crippen LogP contribution in [-0.4, -0.2) is 0 Å². The van der Waals surface area contributed by atoms with Crippen LogP contribution in [0.5, 0.6) is 0 Å². The van der Waals surface area contributed by atoms with Crippen molar-refractivity contribution in [3.63, 3.8) is 0 Å². The van der Waals surface area contributed by atoms with Gasteiger partial charge in [-0.2, -0.15) is 0 Å². The van der Waals surface area contributed by atoms with Crippen LogP contribution in [0.15, 0.2) is 59.1 Å². The van der Waals surface area contributed by atoms with E-state index in [-0.39, 0.29) is 0 Å². The summed E-state index contributed by atoms with van der Waals surface area (Å²) in [6.07, 6.45) is 1.07. The molecule has 1 N–H and O–H groups in total. The van der Waals surface area contributed by atoms with Gasteiger partial charge in [0.05, 0.1) is 6.04 Å². The molecule has 2 rings (SSSR count). The Morgan fingerprint density at radius 1 is 1.00 bits per heavy atom. The molecule has 0 aliphatic heterocycles. The van der Waals surface area contributed by atoms with Crippen molar-refractivity contribution in [2.75, 3.05) is 5.32 Å². The molecule has 0 amide bonds. The molecule has 1 nitrogen and oxygen atoms in total. The van der Waals surface area contributed by atoms with Gasteiger partial charge in [0.2, 0.25) is 0 Å². The summed E-state index contributed by atoms with van der Waals surface area (Å²) in [6.45, 7) is 2.20. The van der Waals surface area contributed by atoms with Crippen LogP contribution in [0.4, 0.5) is 5.69 Å². The predicted molar refractivity (Wildman–Crippen MR) is 77.2 cm³/mol. The Balaban J connectivity index is 2.14. The van der Waals surface area contributed by atoms with Gasteiger partial charge in [0.1, 0.15) is 0 Å². The van der Waals surface area contributed by atoms with Crippen molar-refractivity contribution in [1.29, 1.82) is 0 Å². The molecule has 0 spiro atoms. The van der Waals surface area contributed by atoms with Crippen molar-refractivity contribution in [3.05, 3.63) is 64.6 Å². The lowest BCUT2D eigenvalue weighted by molar-refractivity contribution is 0.749. The van der Waals surface area contributed by atoms with E-state index in [4.69, 9.17) is 0 Å². The summed E-state index contributed by atoms with van der Waals surface area (Å²) in [4.78, 5) is 0. The third-order valence-corrected chi connectivity index (χ3v) is 3.32. The van der Waals surface area contributed by atoms with Gasteiger partial charge in [0.15, 0.2) is 0 Å². The first-order chi connectivity index (χ1) is 8.29. The Hall–Kier alpha value is -1.28. The Morgan fingerprint density at radius 2 is 1.65 bits per heavy atom. The molecule has 17 heavy (non-hydrogen) atoms. The zero-order valence-electron chi connectivity index (χ0n) is 9.86. The van der Waals surface area contributed by atoms with E-state index >= 15 is 0 Å². The third-order valence-electron chi connectivity index (χ3n) is 2.80. The van der Waals surface area contributed by atoms with Crippen LogP contribution in [-0.2, 0) is 0 Å². The minimum atomic E-state index is 0.366. The first-order valence-corrected chi connectivity index (χ1v) is 6.66. The number of hydrogen-bond acceptors (Lipinski definition) is 1. The van der Waals surface area contributed by atoms with Gasteiger partial charge in [-0.1, -0.05) is 53.2 Å². The lowest BCUT2D eigenvalue weighted by Gasteiger charge is -2.18. The number of benzene rings is 2. The Bertz CT molecular complexity index is 450. The molecule has 1 atom stereocenters. The van der Waals surface area contributed by atoms with Crippen molar-refractivity contribution >= 4 is 21.6 Å². The second kappa shape index (κ2) is 5.87. The quantitative estimate of drug-likeness (QED) is 0.834. The van der Waals surface area contributed by atoms with E-state index in [9.17, 15) is 0 Å². The van der Waals surface area contributed by atoms with Crippen LogP contribution >= 0.6 is 15.9 Å². The van der Waals surface area contributed by atoms with E-state index in [1.165, 1.54) is 11.3 Å². The molecular formula is C15H16BrN. The van der Waals surface area contributed by atoms with E-state index in [1.54, 1.807) is 0 Å². The molecule has 1 unspecified atom stereocenters. The minimum absolute atomic E-state index is 0.366. The van der Waals surface area contributed by atoms with Gasteiger partial charge in [-0.15, -0.1) is 0 Å². The van der Waals surface area contributed by atoms with Crippen LogP contribution in [0.1, 0.15) is 24.9 Å². The van der Waals surface area contributed by atoms with Crippen molar-refractivity contribution in [2.45, 2.75) is 19.4 Å². The highest BCUT2D eigenvalue weighted by Gasteiger charge is 2.08. The maximum Gasteiger partial charge on any atom is 0.0511 e. The van der Waals surface area contributed by atoms with Gasteiger partial charge in [-0.05, 0) is 36.2 Å². The van der Waals surface area contributed by atoms with Gasteiger partial charge in [0.25, 0.3) is 0 Å². The molecule has 0 saturated carbocycles. The first kappa shape index (κ1) is 12.2. The normalized spacial score (nSPS) is 12.1. The topological polar surface area (TPSA) is 12.0 Å². The van der Waals surface area contributed by atoms with Gasteiger partial charge in [0, 0.05) is 10.2 Å². The summed E-state index contributed by atoms with van der Waals surface area (Å²) in [5.74, 6) is 0. The van der Waals surface area contributed by atoms with Gasteiger partial charge >= 0.3 is 0 Å². The van der Waals surface area contributed by atoms with Gasteiger partial charge < -0.3 is 5.32 Å². The van der Waals surface area contributed by atoms with Crippen molar-refractivity contribution in [1.82, 2.24) is 0 Å². The average molecular weight is 290 g/mol. The number of anilines is 1. The molecular weight excluding hydrogens is 274 g/mol. The molecule has 0 heterocycles. The Kier molecular flexibility index (Phi) is 4.21. The van der Waals surface area contributed by atoms with E-state index in [2.05, 4.69) is 76.7 Å². The van der Waals surface area contributed by atoms with Gasteiger partial charge in [-0.3, -0.25) is 0 Å². The second-order valence-electron chi connectivity index (χ2n) is 4.02. The summed E-state index contributed by atoms with van der Waals surface area (Å²) in [5, 5.41) is 3.55. The van der Waals surface area contributed by atoms with Crippen LogP contribution < -0.4 is 5.32 Å². The molecule has 2 aromatic carbocycles. The molecule has 0 saturated heterocycles. The summed E-state index contributed by atoms with van der Waals surface area (Å²) in [7, 11) is 0. The number of hydrogen-bond donors (Lipinski definition) is 1. The summed E-state index contributed by atoms with van der Waals surface area (Å²) in [5.41, 5.74) is 2.49. The number of nitrogens with one attached hydrogen (secondary N) is 1. The third kappa shape index (κ3) is 3.34. The van der Waals surface area contributed by atoms with Crippen LogP contribution in [0.3, 0.4) is 0 Å². The summed E-state index contributed by atoms with van der Waals surface area (Å²) < 4.78 is 1.12. The fourth-order valence-electron chi connectivity index (χ4n) is 1.85. The van der Waals surface area contributed by atoms with Crippen molar-refractivity contribution < 1.29 is 0 Å². The van der Waals surface area contributed by atoms with E-state index in [1.807, 2.05) is 6.07 Å². The SMILES string of the molecule is CCC(Nc1ccccc1)c1ccc(Br)cc1. The number of halogens is 1. The first-order valence-electron chi connectivity index (χ1n) is 5.86. The Labute approximate surface area is 111 Å². The van der Waals surface area contributed by atoms with Crippen LogP contribution in [0.2, 0.25) is 0 Å². The smallest absolute Gasteiger partial charge is 0.0511 e. The summed E-state index contributed by atoms with van der Waals surface area (Å²) in [6, 6.07) is 19.2. The Morgan fingerprint density at radius 3 is 2.24 bits per heavy atom. The minimum Gasteiger partial charge on any atom is -0.378 e. The molecule has 2 aromatic rings. The van der Waals surface area contributed by atoms with E-state index < -0.39 is 0 Å². The maximum atomic E-state index is 3.55. The molecule has 0 radical (unpaired) electrons. The van der Waals surface area contributed by atoms with Gasteiger partial charge in [-0.25, -0.2) is 0 Å². The number of rotatable bonds is 4. The monoisotopic (exact) mass is 289 g/mol. The molecule has 0 aliphatic carbocycles. The summed E-state index contributed by atoms with van der Waals surface area (Å²) >= 11 is 3.46. The van der Waals surface area contributed by atoms with Crippen LogP contribution in [0, 0.1) is 0 Å². The zero-order valence-corrected chi connectivity index (χ0v) is 11.4. The average Bonchev–Trinajstić information content (AvgIpc) is 2.38. The van der Waals surface area contributed by atoms with E-state index in [0.717, 1.165) is 10.9 Å².